The highest BCUT2D eigenvalue weighted by atomic mass is 36.0. The lowest BCUT2D eigenvalue weighted by atomic mass is 9.82. The van der Waals surface area contributed by atoms with Crippen molar-refractivity contribution in [3.63, 3.8) is 0 Å². The van der Waals surface area contributed by atoms with Gasteiger partial charge in [0, 0.05) is 66.0 Å². The van der Waals surface area contributed by atoms with Crippen LogP contribution in [0.15, 0.2) is 184 Å². The number of aromatic carboxylic acids is 1. The van der Waals surface area contributed by atoms with E-state index in [1.807, 2.05) is 13.8 Å². The van der Waals surface area contributed by atoms with Gasteiger partial charge in [-0.15, -0.1) is 0 Å². The number of unbranched alkanes of at least 4 members (excludes halogenated alkanes) is 3. The highest BCUT2D eigenvalue weighted by Crippen LogP contribution is 2.37. The predicted octanol–water partition coefficient (Wildman–Crippen LogP) is 15.7. The molecule has 0 spiro atoms. The van der Waals surface area contributed by atoms with Gasteiger partial charge in [0.25, 0.3) is 0 Å². The Morgan fingerprint density at radius 3 is 0.783 bits per heavy atom. The quantitative estimate of drug-likeness (QED) is 0.00796. The van der Waals surface area contributed by atoms with Gasteiger partial charge in [0.05, 0.1) is 106 Å². The number of rotatable bonds is 54. The summed E-state index contributed by atoms with van der Waals surface area (Å²) in [6, 6.07) is 34.1. The zero-order valence-electron chi connectivity index (χ0n) is 79.4. The Morgan fingerprint density at radius 1 is 0.301 bits per heavy atom. The second kappa shape index (κ2) is 66.6. The average Bonchev–Trinajstić information content (AvgIpc) is 0.841. The molecule has 0 unspecified atom stereocenters. The van der Waals surface area contributed by atoms with Gasteiger partial charge in [-0.05, 0) is 263 Å². The van der Waals surface area contributed by atoms with E-state index >= 15 is 0 Å². The van der Waals surface area contributed by atoms with E-state index in [2.05, 4.69) is 41.1 Å². The fourth-order valence-corrected chi connectivity index (χ4v) is 13.0. The minimum atomic E-state index is -1.67. The zero-order chi connectivity index (χ0) is 104. The summed E-state index contributed by atoms with van der Waals surface area (Å²) >= 11 is 0. The SMILES string of the molecule is C=CC(=O)OCCCCOc1ccc(C(=O)O)cc1.C=CC(=O)OCCCCOc1ccc(C(=O)Oc2ccc(OC(=O)C3CCC(C(=O)Oc4ccc(OC(=O)c5ccc(OCCCCOC(=O)C=C)cc5)c(C(=O)OCCOCC)c4)CC3)cc2C(=O)OCCOCC)cc1.CCOCCOC(=O)c1cc(OC(=O)C2CCC(C(=O)Oc3ccc(O)c(C(=O)OCCOCC)c3)CC2)ccc1O.O=S(Cl)Cl. The molecule has 3 N–H and O–H groups in total. The van der Waals surface area contributed by atoms with Crippen LogP contribution in [0.4, 0.5) is 0 Å². The number of aromatic hydroxyl groups is 2. The Hall–Kier alpha value is -14.1. The number of carboxylic acids is 1. The lowest BCUT2D eigenvalue weighted by Gasteiger charge is -2.26. The zero-order valence-corrected chi connectivity index (χ0v) is 81.8. The van der Waals surface area contributed by atoms with Crippen LogP contribution in [0.3, 0.4) is 0 Å². The largest absolute Gasteiger partial charge is 0.507 e. The first-order chi connectivity index (χ1) is 68.9. The van der Waals surface area contributed by atoms with Crippen molar-refractivity contribution in [3.05, 3.63) is 223 Å². The maximum atomic E-state index is 13.5. The first-order valence-corrected chi connectivity index (χ1v) is 48.5. The first-order valence-electron chi connectivity index (χ1n) is 45.7. The van der Waals surface area contributed by atoms with Gasteiger partial charge in [0.2, 0.25) is 9.23 Å². The van der Waals surface area contributed by atoms with Crippen LogP contribution in [-0.4, -0.2) is 222 Å². The summed E-state index contributed by atoms with van der Waals surface area (Å²) in [5.41, 5.74) is -0.112. The van der Waals surface area contributed by atoms with E-state index in [9.17, 15) is 77.3 Å². The summed E-state index contributed by atoms with van der Waals surface area (Å²) in [7, 11) is 7.36. The number of carbonyl (C=O) groups excluding carboxylic acids is 13. The maximum absolute atomic E-state index is 13.5. The third-order valence-corrected chi connectivity index (χ3v) is 20.4. The van der Waals surface area contributed by atoms with Crippen LogP contribution in [0.25, 0.3) is 0 Å². The molecule has 0 radical (unpaired) electrons. The molecule has 0 amide bonds. The number of halogens is 2. The molecule has 38 nitrogen and oxygen atoms in total. The standard InChI is InChI=1S/C58H64O20.C30H36O12.C14H16O5.Cl2OS/c1-5-51(59)71-31-11-9-29-69-43-21-17-41(18-22-43)55(63)77-49-27-25-45(37-47(49)57(65)73-35-33-67-7-3)75-53(61)39-13-15-40(16-14-39)54(62)76-46-26-28-50(48(38-46)58(66)74-36-34-68-8-4)78-56(64)42-19-23-44(24-20-42)70-30-10-12-32-72-52(60)6-2;1-3-37-13-15-39-29(35)23-17-21(9-11-25(23)31)41-27(33)19-5-7-20(8-6-19)28(34)42-22-10-12-26(32)24(18-22)30(36)40-16-14-38-4-2;1-2-13(15)19-10-4-3-9-18-12-7-5-11(6-8-12)14(16)17;1-4(2)3/h5-6,17-28,37-40H,1-2,7-16,29-36H2,3-4H3;9-12,17-20,31-32H,3-8,13-16H2,1-2H3;2,5-8H,1,3-4,9-10H2,(H,16,17);. The number of ether oxygens (including phenoxy) is 20. The number of carbonyl (C=O) groups is 14. The molecule has 0 aromatic heterocycles. The monoisotopic (exact) mass is 2050 g/mol. The van der Waals surface area contributed by atoms with E-state index in [-0.39, 0.29) is 177 Å². The Kier molecular flexibility index (Phi) is 54.8. The molecule has 0 heterocycles. The summed E-state index contributed by atoms with van der Waals surface area (Å²) in [5, 5.41) is 28.8. The molecular formula is C102H116Cl2O38S. The molecular weight excluding hydrogens is 1940 g/mol. The molecule has 0 aliphatic heterocycles. The Labute approximate surface area is 837 Å². The van der Waals surface area contributed by atoms with Crippen LogP contribution in [-0.2, 0) is 94.9 Å². The Balaban J connectivity index is 0.000000396. The minimum Gasteiger partial charge on any atom is -0.507 e. The van der Waals surface area contributed by atoms with E-state index in [1.54, 1.807) is 50.2 Å². The fraction of sp³-hybridized carbons (Fsp3) is 0.392. The number of carboxylic acid groups (broad SMARTS) is 1. The van der Waals surface area contributed by atoms with Crippen molar-refractivity contribution in [2.75, 3.05) is 119 Å². The van der Waals surface area contributed by atoms with Gasteiger partial charge in [-0.3, -0.25) is 19.2 Å². The van der Waals surface area contributed by atoms with Gasteiger partial charge in [-0.1, -0.05) is 19.7 Å². The number of esters is 13. The lowest BCUT2D eigenvalue weighted by molar-refractivity contribution is -0.145. The van der Waals surface area contributed by atoms with Crippen LogP contribution >= 0.6 is 21.4 Å². The molecule has 2 aliphatic rings. The first kappa shape index (κ1) is 118. The highest BCUT2D eigenvalue weighted by molar-refractivity contribution is 8.26. The van der Waals surface area contributed by atoms with Crippen molar-refractivity contribution < 1.29 is 181 Å². The van der Waals surface area contributed by atoms with E-state index in [0.29, 0.717) is 128 Å². The van der Waals surface area contributed by atoms with Crippen LogP contribution in [0.2, 0.25) is 0 Å². The summed E-state index contributed by atoms with van der Waals surface area (Å²) < 4.78 is 116. The highest BCUT2D eigenvalue weighted by Gasteiger charge is 2.36. The minimum absolute atomic E-state index is 0.0111. The Morgan fingerprint density at radius 2 is 0.531 bits per heavy atom. The van der Waals surface area contributed by atoms with Crippen LogP contribution in [0.1, 0.15) is 190 Å². The Bertz CT molecular complexity index is 5070. The van der Waals surface area contributed by atoms with Crippen molar-refractivity contribution in [1.29, 1.82) is 0 Å². The molecule has 2 aliphatic carbocycles. The van der Waals surface area contributed by atoms with Crippen LogP contribution in [0, 0.1) is 23.7 Å². The molecule has 2 saturated carbocycles. The topological polar surface area (TPSA) is 501 Å². The van der Waals surface area contributed by atoms with Crippen molar-refractivity contribution >= 4 is 114 Å². The third kappa shape index (κ3) is 44.7. The normalized spacial score (nSPS) is 13.8. The van der Waals surface area contributed by atoms with Gasteiger partial charge >= 0.3 is 83.6 Å². The van der Waals surface area contributed by atoms with Gasteiger partial charge in [-0.25, -0.2) is 52.2 Å². The molecule has 7 aromatic rings. The molecule has 0 atom stereocenters. The fourth-order valence-electron chi connectivity index (χ4n) is 13.0. The smallest absolute Gasteiger partial charge is 0.343 e. The van der Waals surface area contributed by atoms with Gasteiger partial charge in [-0.2, -0.15) is 0 Å². The average molecular weight is 2050 g/mol. The third-order valence-electron chi connectivity index (χ3n) is 20.4. The van der Waals surface area contributed by atoms with E-state index < -0.39 is 116 Å². The van der Waals surface area contributed by atoms with E-state index in [4.69, 9.17) is 104 Å². The van der Waals surface area contributed by atoms with E-state index in [0.717, 1.165) is 24.6 Å². The summed E-state index contributed by atoms with van der Waals surface area (Å²) in [6.45, 7) is 21.4. The number of benzene rings is 7. The molecule has 9 rings (SSSR count). The number of hydrogen-bond acceptors (Lipinski definition) is 37. The van der Waals surface area contributed by atoms with Crippen molar-refractivity contribution in [1.82, 2.24) is 0 Å². The molecule has 41 heteroatoms. The summed E-state index contributed by atoms with van der Waals surface area (Å²) in [6.07, 6.45) is 9.66. The van der Waals surface area contributed by atoms with Crippen LogP contribution < -0.4 is 42.6 Å². The second-order valence-electron chi connectivity index (χ2n) is 30.4. The second-order valence-corrected chi connectivity index (χ2v) is 32.9. The predicted molar refractivity (Wildman–Crippen MR) is 513 cm³/mol. The molecule has 7 aromatic carbocycles. The maximum Gasteiger partial charge on any atom is 0.343 e. The van der Waals surface area contributed by atoms with E-state index in [1.165, 1.54) is 109 Å². The molecule has 143 heavy (non-hydrogen) atoms. The number of phenols is 2. The van der Waals surface area contributed by atoms with Gasteiger partial charge in [0.15, 0.2) is 0 Å². The van der Waals surface area contributed by atoms with Gasteiger partial charge in [0.1, 0.15) is 112 Å². The van der Waals surface area contributed by atoms with Gasteiger partial charge < -0.3 is 110 Å². The van der Waals surface area contributed by atoms with Crippen molar-refractivity contribution in [3.8, 4) is 63.2 Å². The summed E-state index contributed by atoms with van der Waals surface area (Å²) in [5.74, 6) is -10.9. The number of phenolic OH excluding ortho intramolecular Hbond substituents is 2. The lowest BCUT2D eigenvalue weighted by Crippen LogP contribution is -2.30. The summed E-state index contributed by atoms with van der Waals surface area (Å²) in [4.78, 5) is 174. The number of hydrogen-bond donors (Lipinski definition) is 3. The molecule has 0 bridgehead atoms. The molecule has 0 saturated heterocycles. The van der Waals surface area contributed by atoms with Crippen molar-refractivity contribution in [2.24, 2.45) is 23.7 Å². The molecule has 2 fully saturated rings. The molecule has 772 valence electrons. The van der Waals surface area contributed by atoms with Crippen LogP contribution in [0.5, 0.6) is 63.2 Å². The van der Waals surface area contributed by atoms with Crippen molar-refractivity contribution in [2.45, 2.75) is 118 Å².